The molecular weight excluding hydrogens is 243 g/mol. The molecule has 0 radical (unpaired) electrons. The van der Waals surface area contributed by atoms with E-state index in [2.05, 4.69) is 0 Å². The fourth-order valence-electron chi connectivity index (χ4n) is 1.87. The van der Waals surface area contributed by atoms with E-state index in [0.29, 0.717) is 6.42 Å². The Morgan fingerprint density at radius 2 is 1.89 bits per heavy atom. The maximum absolute atomic E-state index is 13.1. The molecule has 2 rings (SSSR count). The third-order valence-electron chi connectivity index (χ3n) is 2.85. The number of ether oxygens (including phenoxy) is 1. The second kappa shape index (κ2) is 6.14. The summed E-state index contributed by atoms with van der Waals surface area (Å²) in [6, 6.07) is 15.0. The van der Waals surface area contributed by atoms with E-state index in [4.69, 9.17) is 4.74 Å². The van der Waals surface area contributed by atoms with Gasteiger partial charge in [0.25, 0.3) is 0 Å². The van der Waals surface area contributed by atoms with Crippen molar-refractivity contribution in [2.24, 2.45) is 0 Å². The first-order valence-corrected chi connectivity index (χ1v) is 6.22. The predicted octanol–water partition coefficient (Wildman–Crippen LogP) is 4.13. The molecule has 0 saturated carbocycles. The second-order valence-corrected chi connectivity index (χ2v) is 4.22. The number of carbonyl (C=O) groups is 1. The van der Waals surface area contributed by atoms with Crippen molar-refractivity contribution in [3.63, 3.8) is 0 Å². The van der Waals surface area contributed by atoms with Crippen molar-refractivity contribution in [1.82, 2.24) is 0 Å². The zero-order chi connectivity index (χ0) is 13.7. The largest absolute Gasteiger partial charge is 0.454 e. The van der Waals surface area contributed by atoms with Crippen LogP contribution < -0.4 is 0 Å². The van der Waals surface area contributed by atoms with Gasteiger partial charge in [-0.25, -0.2) is 9.18 Å². The first kappa shape index (κ1) is 13.3. The molecule has 3 heteroatoms. The molecule has 0 amide bonds. The monoisotopic (exact) mass is 258 g/mol. The Labute approximate surface area is 111 Å². The van der Waals surface area contributed by atoms with Crippen LogP contribution in [0.4, 0.5) is 4.39 Å². The van der Waals surface area contributed by atoms with Gasteiger partial charge in [-0.3, -0.25) is 0 Å². The van der Waals surface area contributed by atoms with Gasteiger partial charge in [0, 0.05) is 0 Å². The van der Waals surface area contributed by atoms with E-state index < -0.39 is 11.8 Å². The molecule has 0 aliphatic heterocycles. The zero-order valence-corrected chi connectivity index (χ0v) is 10.7. The van der Waals surface area contributed by atoms with Crippen LogP contribution in [0.2, 0.25) is 0 Å². The first-order chi connectivity index (χ1) is 9.20. The van der Waals surface area contributed by atoms with Gasteiger partial charge in [0.15, 0.2) is 0 Å². The van der Waals surface area contributed by atoms with Crippen LogP contribution in [-0.2, 0) is 4.74 Å². The lowest BCUT2D eigenvalue weighted by molar-refractivity contribution is 0.0287. The third kappa shape index (κ3) is 3.41. The summed E-state index contributed by atoms with van der Waals surface area (Å²) in [5, 5.41) is 0. The van der Waals surface area contributed by atoms with Crippen LogP contribution in [0.1, 0.15) is 35.4 Å². The molecule has 2 aromatic rings. The SMILES string of the molecule is CCC(OC(=O)c1cccc(F)c1)c1ccccc1. The summed E-state index contributed by atoms with van der Waals surface area (Å²) in [5.74, 6) is -0.947. The number of hydrogen-bond donors (Lipinski definition) is 0. The van der Waals surface area contributed by atoms with Gasteiger partial charge in [-0.05, 0) is 30.2 Å². The molecule has 2 nitrogen and oxygen atoms in total. The molecule has 1 unspecified atom stereocenters. The van der Waals surface area contributed by atoms with Gasteiger partial charge >= 0.3 is 5.97 Å². The number of esters is 1. The standard InChI is InChI=1S/C16H15FO2/c1-2-15(12-7-4-3-5-8-12)19-16(18)13-9-6-10-14(17)11-13/h3-11,15H,2H2,1H3. The predicted molar refractivity (Wildman–Crippen MR) is 71.3 cm³/mol. The lowest BCUT2D eigenvalue weighted by Crippen LogP contribution is -2.11. The highest BCUT2D eigenvalue weighted by molar-refractivity contribution is 5.89. The summed E-state index contributed by atoms with van der Waals surface area (Å²) in [4.78, 5) is 12.0. The smallest absolute Gasteiger partial charge is 0.338 e. The zero-order valence-electron chi connectivity index (χ0n) is 10.7. The molecule has 2 aromatic carbocycles. The van der Waals surface area contributed by atoms with Crippen molar-refractivity contribution in [2.75, 3.05) is 0 Å². The van der Waals surface area contributed by atoms with E-state index in [1.165, 1.54) is 18.2 Å². The van der Waals surface area contributed by atoms with E-state index in [1.807, 2.05) is 37.3 Å². The lowest BCUT2D eigenvalue weighted by atomic mass is 10.1. The Bertz CT molecular complexity index is 552. The summed E-state index contributed by atoms with van der Waals surface area (Å²) < 4.78 is 18.5. The van der Waals surface area contributed by atoms with Crippen molar-refractivity contribution in [1.29, 1.82) is 0 Å². The summed E-state index contributed by atoms with van der Waals surface area (Å²) in [5.41, 5.74) is 1.17. The molecule has 0 bridgehead atoms. The van der Waals surface area contributed by atoms with E-state index in [0.717, 1.165) is 5.56 Å². The van der Waals surface area contributed by atoms with Gasteiger partial charge in [-0.15, -0.1) is 0 Å². The van der Waals surface area contributed by atoms with Gasteiger partial charge < -0.3 is 4.74 Å². The number of halogens is 1. The molecule has 0 spiro atoms. The molecule has 0 fully saturated rings. The number of hydrogen-bond acceptors (Lipinski definition) is 2. The van der Waals surface area contributed by atoms with Gasteiger partial charge in [-0.1, -0.05) is 43.3 Å². The maximum Gasteiger partial charge on any atom is 0.338 e. The Morgan fingerprint density at radius 3 is 2.53 bits per heavy atom. The van der Waals surface area contributed by atoms with Crippen molar-refractivity contribution < 1.29 is 13.9 Å². The average Bonchev–Trinajstić information content (AvgIpc) is 2.45. The summed E-state index contributed by atoms with van der Waals surface area (Å²) in [6.45, 7) is 1.94. The molecule has 0 N–H and O–H groups in total. The van der Waals surface area contributed by atoms with E-state index >= 15 is 0 Å². The molecule has 1 atom stereocenters. The van der Waals surface area contributed by atoms with Crippen molar-refractivity contribution >= 4 is 5.97 Å². The number of rotatable bonds is 4. The van der Waals surface area contributed by atoms with Crippen LogP contribution in [0.5, 0.6) is 0 Å². The average molecular weight is 258 g/mol. The molecule has 0 aliphatic rings. The summed E-state index contributed by atoms with van der Waals surface area (Å²) >= 11 is 0. The van der Waals surface area contributed by atoms with Crippen molar-refractivity contribution in [3.8, 4) is 0 Å². The fourth-order valence-corrected chi connectivity index (χ4v) is 1.87. The van der Waals surface area contributed by atoms with E-state index in [9.17, 15) is 9.18 Å². The summed E-state index contributed by atoms with van der Waals surface area (Å²) in [7, 11) is 0. The topological polar surface area (TPSA) is 26.3 Å². The maximum atomic E-state index is 13.1. The Kier molecular flexibility index (Phi) is 4.29. The Balaban J connectivity index is 2.13. The van der Waals surface area contributed by atoms with Crippen molar-refractivity contribution in [3.05, 3.63) is 71.5 Å². The molecule has 0 saturated heterocycles. The molecular formula is C16H15FO2. The Morgan fingerprint density at radius 1 is 1.16 bits per heavy atom. The van der Waals surface area contributed by atoms with Gasteiger partial charge in [0.1, 0.15) is 11.9 Å². The highest BCUT2D eigenvalue weighted by atomic mass is 19.1. The van der Waals surface area contributed by atoms with Gasteiger partial charge in [0.05, 0.1) is 5.56 Å². The van der Waals surface area contributed by atoms with E-state index in [1.54, 1.807) is 6.07 Å². The second-order valence-electron chi connectivity index (χ2n) is 4.22. The van der Waals surface area contributed by atoms with Crippen LogP contribution in [-0.4, -0.2) is 5.97 Å². The highest BCUT2D eigenvalue weighted by Crippen LogP contribution is 2.22. The number of benzene rings is 2. The molecule has 0 aromatic heterocycles. The molecule has 19 heavy (non-hydrogen) atoms. The molecule has 0 aliphatic carbocycles. The lowest BCUT2D eigenvalue weighted by Gasteiger charge is -2.16. The highest BCUT2D eigenvalue weighted by Gasteiger charge is 2.16. The minimum atomic E-state index is -0.504. The van der Waals surface area contributed by atoms with Crippen molar-refractivity contribution in [2.45, 2.75) is 19.4 Å². The Hall–Kier alpha value is -2.16. The molecule has 98 valence electrons. The van der Waals surface area contributed by atoms with Gasteiger partial charge in [0.2, 0.25) is 0 Å². The quantitative estimate of drug-likeness (QED) is 0.771. The number of carbonyl (C=O) groups excluding carboxylic acids is 1. The van der Waals surface area contributed by atoms with E-state index in [-0.39, 0.29) is 11.7 Å². The fraction of sp³-hybridized carbons (Fsp3) is 0.188. The normalized spacial score (nSPS) is 11.9. The third-order valence-corrected chi connectivity index (χ3v) is 2.85. The minimum Gasteiger partial charge on any atom is -0.454 e. The van der Waals surface area contributed by atoms with Crippen LogP contribution in [0.25, 0.3) is 0 Å². The van der Waals surface area contributed by atoms with Gasteiger partial charge in [-0.2, -0.15) is 0 Å². The van der Waals surface area contributed by atoms with Crippen LogP contribution in [0, 0.1) is 5.82 Å². The van der Waals surface area contributed by atoms with Crippen LogP contribution in [0.15, 0.2) is 54.6 Å². The van der Waals surface area contributed by atoms with Crippen LogP contribution in [0.3, 0.4) is 0 Å². The molecule has 0 heterocycles. The summed E-state index contributed by atoms with van der Waals surface area (Å²) in [6.07, 6.45) is 0.363. The van der Waals surface area contributed by atoms with Crippen LogP contribution >= 0.6 is 0 Å². The first-order valence-electron chi connectivity index (χ1n) is 6.22. The minimum absolute atomic E-state index is 0.231.